The topological polar surface area (TPSA) is 119 Å². The Morgan fingerprint density at radius 1 is 1.36 bits per heavy atom. The molecule has 2 aromatic rings. The number of ether oxygens (including phenoxy) is 2. The third kappa shape index (κ3) is 4.50. The van der Waals surface area contributed by atoms with E-state index in [1.54, 1.807) is 6.92 Å². The van der Waals surface area contributed by atoms with E-state index >= 15 is 0 Å². The minimum Gasteiger partial charge on any atom is -0.489 e. The summed E-state index contributed by atoms with van der Waals surface area (Å²) in [6, 6.07) is 3.12. The normalized spacial score (nSPS) is 21.3. The monoisotopic (exact) mass is 500 g/mol. The molecule has 0 spiro atoms. The molecule has 33 heavy (non-hydrogen) atoms. The summed E-state index contributed by atoms with van der Waals surface area (Å²) in [5.41, 5.74) is 0.198. The second-order valence-electron chi connectivity index (χ2n) is 7.77. The molecule has 178 valence electrons. The van der Waals surface area contributed by atoms with Crippen LogP contribution in [-0.2, 0) is 21.8 Å². The molecular weight excluding hydrogens is 479 g/mol. The van der Waals surface area contributed by atoms with Crippen LogP contribution in [0.4, 0.5) is 14.9 Å². The van der Waals surface area contributed by atoms with E-state index in [-0.39, 0.29) is 59.3 Å². The van der Waals surface area contributed by atoms with Gasteiger partial charge in [-0.25, -0.2) is 22.3 Å². The van der Waals surface area contributed by atoms with Crippen LogP contribution in [0.25, 0.3) is 0 Å². The number of fused-ring (bicyclic) bond motifs is 2. The van der Waals surface area contributed by atoms with Gasteiger partial charge in [-0.05, 0) is 25.1 Å². The van der Waals surface area contributed by atoms with Gasteiger partial charge in [-0.3, -0.25) is 4.79 Å². The van der Waals surface area contributed by atoms with Gasteiger partial charge in [0.25, 0.3) is 5.91 Å². The summed E-state index contributed by atoms with van der Waals surface area (Å²) >= 11 is 5.77. The maximum absolute atomic E-state index is 13.4. The minimum absolute atomic E-state index is 0.0329. The first kappa shape index (κ1) is 23.3. The predicted octanol–water partition coefficient (Wildman–Crippen LogP) is 2.20. The molecule has 2 amide bonds. The molecule has 2 N–H and O–H groups in total. The molecule has 4 rings (SSSR count). The SMILES string of the molecule is CCOC(=O)N1CC2COc3c(cn(C)c3C(=O)Nc3ccc(F)c(Cl)c3)S(=O)(=O)NC2C1. The zero-order chi connectivity index (χ0) is 23.9. The van der Waals surface area contributed by atoms with Crippen LogP contribution in [0.5, 0.6) is 5.75 Å². The first-order valence-corrected chi connectivity index (χ1v) is 12.0. The summed E-state index contributed by atoms with van der Waals surface area (Å²) in [6.07, 6.45) is 0.752. The Balaban J connectivity index is 1.62. The Kier molecular flexibility index (Phi) is 6.25. The van der Waals surface area contributed by atoms with Crippen molar-refractivity contribution >= 4 is 39.3 Å². The Bertz CT molecular complexity index is 1220. The molecule has 10 nitrogen and oxygen atoms in total. The fourth-order valence-corrected chi connectivity index (χ4v) is 5.59. The highest BCUT2D eigenvalue weighted by Gasteiger charge is 2.42. The molecule has 1 saturated heterocycles. The second-order valence-corrected chi connectivity index (χ2v) is 9.86. The van der Waals surface area contributed by atoms with Gasteiger partial charge in [0.15, 0.2) is 11.4 Å². The molecule has 1 aromatic carbocycles. The average Bonchev–Trinajstić information content (AvgIpc) is 3.29. The van der Waals surface area contributed by atoms with Crippen molar-refractivity contribution in [1.82, 2.24) is 14.2 Å². The van der Waals surface area contributed by atoms with Gasteiger partial charge in [-0.2, -0.15) is 0 Å². The van der Waals surface area contributed by atoms with Crippen molar-refractivity contribution in [2.45, 2.75) is 17.9 Å². The third-order valence-corrected chi connectivity index (χ3v) is 7.27. The van der Waals surface area contributed by atoms with Gasteiger partial charge >= 0.3 is 6.09 Å². The third-order valence-electron chi connectivity index (χ3n) is 5.50. The first-order chi connectivity index (χ1) is 15.6. The predicted molar refractivity (Wildman–Crippen MR) is 116 cm³/mol. The Morgan fingerprint density at radius 2 is 2.12 bits per heavy atom. The van der Waals surface area contributed by atoms with Crippen LogP contribution < -0.4 is 14.8 Å². The number of anilines is 1. The van der Waals surface area contributed by atoms with E-state index in [2.05, 4.69) is 10.0 Å². The average molecular weight is 501 g/mol. The second kappa shape index (κ2) is 8.84. The lowest BCUT2D eigenvalue weighted by Gasteiger charge is -2.23. The lowest BCUT2D eigenvalue weighted by molar-refractivity contribution is 0.101. The zero-order valence-electron chi connectivity index (χ0n) is 17.8. The molecule has 3 heterocycles. The summed E-state index contributed by atoms with van der Waals surface area (Å²) in [6.45, 7) is 2.35. The molecule has 13 heteroatoms. The highest BCUT2D eigenvalue weighted by molar-refractivity contribution is 7.89. The van der Waals surface area contributed by atoms with Crippen molar-refractivity contribution in [3.63, 3.8) is 0 Å². The molecular formula is C20H22ClFN4O6S. The van der Waals surface area contributed by atoms with E-state index < -0.39 is 33.9 Å². The summed E-state index contributed by atoms with van der Waals surface area (Å²) < 4.78 is 54.4. The number of carbonyl (C=O) groups is 2. The van der Waals surface area contributed by atoms with Gasteiger partial charge in [0, 0.05) is 44.0 Å². The standard InChI is InChI=1S/C20H22ClFN4O6S/c1-3-31-20(28)26-7-11-10-32-18-16(33(29,30)24-15(11)8-26)9-25(2)17(18)19(27)23-12-4-5-14(22)13(21)6-12/h4-6,9,11,15,24H,3,7-8,10H2,1-2H3,(H,23,27). The van der Waals surface area contributed by atoms with Crippen molar-refractivity contribution in [1.29, 1.82) is 0 Å². The number of nitrogens with one attached hydrogen (secondary N) is 2. The number of carbonyl (C=O) groups excluding carboxylic acids is 2. The highest BCUT2D eigenvalue weighted by atomic mass is 35.5. The summed E-state index contributed by atoms with van der Waals surface area (Å²) in [4.78, 5) is 26.3. The molecule has 0 radical (unpaired) electrons. The lowest BCUT2D eigenvalue weighted by Crippen LogP contribution is -2.43. The van der Waals surface area contributed by atoms with Crippen molar-refractivity contribution in [2.24, 2.45) is 13.0 Å². The van der Waals surface area contributed by atoms with Crippen LogP contribution in [0.15, 0.2) is 29.3 Å². The van der Waals surface area contributed by atoms with Gasteiger partial charge in [0.1, 0.15) is 10.7 Å². The number of aryl methyl sites for hydroxylation is 1. The molecule has 1 aromatic heterocycles. The Hall–Kier alpha value is -2.83. The number of likely N-dealkylation sites (tertiary alicyclic amines) is 1. The Morgan fingerprint density at radius 3 is 2.82 bits per heavy atom. The smallest absolute Gasteiger partial charge is 0.409 e. The first-order valence-electron chi connectivity index (χ1n) is 10.1. The van der Waals surface area contributed by atoms with E-state index in [0.717, 1.165) is 6.07 Å². The number of nitrogens with zero attached hydrogens (tertiary/aromatic N) is 2. The fourth-order valence-electron chi connectivity index (χ4n) is 3.92. The van der Waals surface area contributed by atoms with Crippen LogP contribution in [-0.4, -0.2) is 62.2 Å². The molecule has 2 aliphatic heterocycles. The van der Waals surface area contributed by atoms with Crippen molar-refractivity contribution in [3.05, 3.63) is 40.9 Å². The summed E-state index contributed by atoms with van der Waals surface area (Å²) in [5, 5.41) is 2.40. The van der Waals surface area contributed by atoms with Crippen LogP contribution in [0.1, 0.15) is 17.4 Å². The number of benzene rings is 1. The number of rotatable bonds is 3. The van der Waals surface area contributed by atoms with E-state index in [0.29, 0.717) is 0 Å². The van der Waals surface area contributed by atoms with Crippen LogP contribution >= 0.6 is 11.6 Å². The van der Waals surface area contributed by atoms with Crippen LogP contribution in [0.3, 0.4) is 0 Å². The van der Waals surface area contributed by atoms with Crippen LogP contribution in [0.2, 0.25) is 5.02 Å². The van der Waals surface area contributed by atoms with E-state index in [1.165, 1.54) is 34.8 Å². The van der Waals surface area contributed by atoms with Crippen molar-refractivity contribution in [3.8, 4) is 5.75 Å². The zero-order valence-corrected chi connectivity index (χ0v) is 19.4. The molecule has 2 aliphatic rings. The maximum Gasteiger partial charge on any atom is 0.409 e. The van der Waals surface area contributed by atoms with Gasteiger partial charge in [-0.1, -0.05) is 11.6 Å². The molecule has 0 bridgehead atoms. The number of hydrogen-bond donors (Lipinski definition) is 2. The fraction of sp³-hybridized carbons (Fsp3) is 0.400. The maximum atomic E-state index is 13.4. The van der Waals surface area contributed by atoms with Crippen LogP contribution in [0, 0.1) is 11.7 Å². The number of amides is 2. The Labute approximate surface area is 194 Å². The van der Waals surface area contributed by atoms with Gasteiger partial charge < -0.3 is 24.3 Å². The van der Waals surface area contributed by atoms with Gasteiger partial charge in [-0.15, -0.1) is 0 Å². The summed E-state index contributed by atoms with van der Waals surface area (Å²) in [5.74, 6) is -1.75. The number of hydrogen-bond acceptors (Lipinski definition) is 6. The molecule has 0 aliphatic carbocycles. The van der Waals surface area contributed by atoms with Gasteiger partial charge in [0.05, 0.1) is 18.2 Å². The van der Waals surface area contributed by atoms with E-state index in [1.807, 2.05) is 0 Å². The van der Waals surface area contributed by atoms with E-state index in [4.69, 9.17) is 21.1 Å². The van der Waals surface area contributed by atoms with E-state index in [9.17, 15) is 22.4 Å². The lowest BCUT2D eigenvalue weighted by atomic mass is 10.1. The number of halogens is 2. The minimum atomic E-state index is -4.06. The van der Waals surface area contributed by atoms with Crippen molar-refractivity contribution in [2.75, 3.05) is 31.6 Å². The molecule has 1 fully saturated rings. The molecule has 2 atom stereocenters. The molecule has 0 saturated carbocycles. The quantitative estimate of drug-likeness (QED) is 0.667. The largest absolute Gasteiger partial charge is 0.489 e. The molecule has 2 unspecified atom stereocenters. The number of aromatic nitrogens is 1. The highest BCUT2D eigenvalue weighted by Crippen LogP contribution is 2.35. The van der Waals surface area contributed by atoms with Gasteiger partial charge in [0.2, 0.25) is 10.0 Å². The number of sulfonamides is 1. The van der Waals surface area contributed by atoms with Crippen molar-refractivity contribution < 1.29 is 31.9 Å². The summed E-state index contributed by atoms with van der Waals surface area (Å²) in [7, 11) is -2.55.